The van der Waals surface area contributed by atoms with Crippen LogP contribution in [-0.4, -0.2) is 27.0 Å². The van der Waals surface area contributed by atoms with Crippen molar-refractivity contribution in [1.82, 2.24) is 14.6 Å². The van der Waals surface area contributed by atoms with E-state index in [1.807, 2.05) is 28.5 Å². The van der Waals surface area contributed by atoms with E-state index in [1.165, 1.54) is 5.56 Å². The fraction of sp³-hybridized carbons (Fsp3) is 0.409. The Morgan fingerprint density at radius 1 is 1.22 bits per heavy atom. The van der Waals surface area contributed by atoms with Crippen LogP contribution in [0, 0.1) is 13.8 Å². The molecule has 0 aliphatic carbocycles. The lowest BCUT2D eigenvalue weighted by Gasteiger charge is -2.24. The third-order valence-electron chi connectivity index (χ3n) is 5.76. The molecule has 0 spiro atoms. The van der Waals surface area contributed by atoms with Crippen LogP contribution < -0.4 is 4.90 Å². The monoisotopic (exact) mass is 362 g/mol. The van der Waals surface area contributed by atoms with Gasteiger partial charge in [-0.3, -0.25) is 4.79 Å². The number of aryl methyl sites for hydroxylation is 2. The zero-order valence-corrected chi connectivity index (χ0v) is 16.3. The molecular formula is C22H26N4O. The Morgan fingerprint density at radius 2 is 2.04 bits per heavy atom. The average molecular weight is 362 g/mol. The van der Waals surface area contributed by atoms with Gasteiger partial charge in [0.2, 0.25) is 5.91 Å². The van der Waals surface area contributed by atoms with Crippen molar-refractivity contribution >= 4 is 17.2 Å². The maximum Gasteiger partial charge on any atom is 0.227 e. The van der Waals surface area contributed by atoms with Crippen molar-refractivity contribution in [2.24, 2.45) is 0 Å². The van der Waals surface area contributed by atoms with Crippen LogP contribution in [0.3, 0.4) is 0 Å². The number of amides is 1. The number of carbonyl (C=O) groups excluding carboxylic acids is 1. The number of hydrogen-bond donors (Lipinski definition) is 0. The SMILES string of the molecule is Cc1nc2ccnn2c(C)c1CCC(=O)N1CCCC(C)c2ccccc21. The van der Waals surface area contributed by atoms with E-state index in [0.29, 0.717) is 18.8 Å². The largest absolute Gasteiger partial charge is 0.312 e. The Labute approximate surface area is 160 Å². The molecule has 4 rings (SSSR count). The van der Waals surface area contributed by atoms with E-state index in [4.69, 9.17) is 0 Å². The van der Waals surface area contributed by atoms with Gasteiger partial charge in [0.15, 0.2) is 5.65 Å². The molecule has 140 valence electrons. The maximum absolute atomic E-state index is 13.1. The van der Waals surface area contributed by atoms with Crippen LogP contribution in [0.2, 0.25) is 0 Å². The quantitative estimate of drug-likeness (QED) is 0.701. The predicted octanol–water partition coefficient (Wildman–Crippen LogP) is 4.21. The van der Waals surface area contributed by atoms with Crippen molar-refractivity contribution < 1.29 is 4.79 Å². The van der Waals surface area contributed by atoms with E-state index < -0.39 is 0 Å². The van der Waals surface area contributed by atoms with Gasteiger partial charge in [-0.1, -0.05) is 25.1 Å². The first-order valence-corrected chi connectivity index (χ1v) is 9.75. The van der Waals surface area contributed by atoms with Gasteiger partial charge in [0, 0.05) is 36.1 Å². The fourth-order valence-corrected chi connectivity index (χ4v) is 4.24. The highest BCUT2D eigenvalue weighted by atomic mass is 16.2. The predicted molar refractivity (Wildman–Crippen MR) is 107 cm³/mol. The molecule has 0 bridgehead atoms. The lowest BCUT2D eigenvalue weighted by molar-refractivity contribution is -0.118. The number of rotatable bonds is 3. The van der Waals surface area contributed by atoms with Gasteiger partial charge in [-0.2, -0.15) is 5.10 Å². The average Bonchev–Trinajstić information content (AvgIpc) is 3.06. The summed E-state index contributed by atoms with van der Waals surface area (Å²) in [4.78, 5) is 19.7. The van der Waals surface area contributed by atoms with E-state index in [1.54, 1.807) is 6.20 Å². The Kier molecular flexibility index (Phi) is 4.68. The van der Waals surface area contributed by atoms with Gasteiger partial charge in [-0.25, -0.2) is 9.50 Å². The number of anilines is 1. The number of fused-ring (bicyclic) bond motifs is 2. The summed E-state index contributed by atoms with van der Waals surface area (Å²) in [7, 11) is 0. The minimum atomic E-state index is 0.191. The molecule has 3 aromatic rings. The number of para-hydroxylation sites is 1. The van der Waals surface area contributed by atoms with Gasteiger partial charge in [0.1, 0.15) is 0 Å². The van der Waals surface area contributed by atoms with Gasteiger partial charge in [-0.05, 0) is 56.2 Å². The molecule has 1 aromatic carbocycles. The summed E-state index contributed by atoms with van der Waals surface area (Å²) < 4.78 is 1.86. The van der Waals surface area contributed by atoms with Crippen LogP contribution in [-0.2, 0) is 11.2 Å². The van der Waals surface area contributed by atoms with Crippen LogP contribution in [0.15, 0.2) is 36.5 Å². The fourth-order valence-electron chi connectivity index (χ4n) is 4.24. The summed E-state index contributed by atoms with van der Waals surface area (Å²) in [5.41, 5.74) is 6.40. The first kappa shape index (κ1) is 17.7. The molecule has 2 aromatic heterocycles. The Hall–Kier alpha value is -2.69. The normalized spacial score (nSPS) is 17.0. The van der Waals surface area contributed by atoms with Gasteiger partial charge in [-0.15, -0.1) is 0 Å². The lowest BCUT2D eigenvalue weighted by Crippen LogP contribution is -2.32. The third-order valence-corrected chi connectivity index (χ3v) is 5.76. The Bertz CT molecular complexity index is 991. The second-order valence-corrected chi connectivity index (χ2v) is 7.51. The Balaban J connectivity index is 1.57. The molecule has 5 heteroatoms. The van der Waals surface area contributed by atoms with E-state index in [2.05, 4.69) is 42.1 Å². The highest BCUT2D eigenvalue weighted by molar-refractivity contribution is 5.94. The molecule has 1 amide bonds. The number of carbonyl (C=O) groups is 1. The minimum Gasteiger partial charge on any atom is -0.312 e. The van der Waals surface area contributed by atoms with Crippen LogP contribution in [0.25, 0.3) is 5.65 Å². The molecule has 0 N–H and O–H groups in total. The molecule has 0 saturated carbocycles. The molecule has 1 aliphatic rings. The highest BCUT2D eigenvalue weighted by Crippen LogP contribution is 2.34. The molecule has 1 unspecified atom stereocenters. The Morgan fingerprint density at radius 3 is 2.89 bits per heavy atom. The smallest absolute Gasteiger partial charge is 0.227 e. The van der Waals surface area contributed by atoms with E-state index in [-0.39, 0.29) is 5.91 Å². The molecule has 0 fully saturated rings. The molecule has 5 nitrogen and oxygen atoms in total. The van der Waals surface area contributed by atoms with Crippen LogP contribution >= 0.6 is 0 Å². The van der Waals surface area contributed by atoms with Crippen LogP contribution in [0.1, 0.15) is 54.6 Å². The molecule has 1 atom stereocenters. The number of hydrogen-bond acceptors (Lipinski definition) is 3. The van der Waals surface area contributed by atoms with Crippen molar-refractivity contribution in [1.29, 1.82) is 0 Å². The van der Waals surface area contributed by atoms with E-state index >= 15 is 0 Å². The summed E-state index contributed by atoms with van der Waals surface area (Å²) in [6.45, 7) is 7.12. The molecule has 3 heterocycles. The van der Waals surface area contributed by atoms with Gasteiger partial charge >= 0.3 is 0 Å². The second kappa shape index (κ2) is 7.14. The topological polar surface area (TPSA) is 50.5 Å². The molecular weight excluding hydrogens is 336 g/mol. The van der Waals surface area contributed by atoms with Crippen molar-refractivity contribution in [2.45, 2.75) is 52.4 Å². The van der Waals surface area contributed by atoms with Gasteiger partial charge in [0.05, 0.1) is 6.20 Å². The third kappa shape index (κ3) is 3.22. The maximum atomic E-state index is 13.1. The number of nitrogens with zero attached hydrogens (tertiary/aromatic N) is 4. The van der Waals surface area contributed by atoms with Crippen molar-refractivity contribution in [3.8, 4) is 0 Å². The first-order chi connectivity index (χ1) is 13.1. The van der Waals surface area contributed by atoms with Crippen molar-refractivity contribution in [3.05, 3.63) is 59.0 Å². The molecule has 1 aliphatic heterocycles. The van der Waals surface area contributed by atoms with E-state index in [9.17, 15) is 4.79 Å². The zero-order valence-electron chi connectivity index (χ0n) is 16.3. The zero-order chi connectivity index (χ0) is 19.0. The second-order valence-electron chi connectivity index (χ2n) is 7.51. The van der Waals surface area contributed by atoms with Gasteiger partial charge in [0.25, 0.3) is 0 Å². The van der Waals surface area contributed by atoms with E-state index in [0.717, 1.165) is 47.7 Å². The minimum absolute atomic E-state index is 0.191. The molecule has 27 heavy (non-hydrogen) atoms. The summed E-state index contributed by atoms with van der Waals surface area (Å²) in [6.07, 6.45) is 5.10. The summed E-state index contributed by atoms with van der Waals surface area (Å²) in [5.74, 6) is 0.686. The summed E-state index contributed by atoms with van der Waals surface area (Å²) in [5, 5.41) is 4.35. The van der Waals surface area contributed by atoms with Crippen LogP contribution in [0.4, 0.5) is 5.69 Å². The molecule has 0 saturated heterocycles. The van der Waals surface area contributed by atoms with Crippen molar-refractivity contribution in [3.63, 3.8) is 0 Å². The highest BCUT2D eigenvalue weighted by Gasteiger charge is 2.24. The lowest BCUT2D eigenvalue weighted by atomic mass is 9.96. The van der Waals surface area contributed by atoms with Crippen LogP contribution in [0.5, 0.6) is 0 Å². The number of benzene rings is 1. The number of aromatic nitrogens is 3. The summed E-state index contributed by atoms with van der Waals surface area (Å²) in [6, 6.07) is 10.3. The summed E-state index contributed by atoms with van der Waals surface area (Å²) >= 11 is 0. The van der Waals surface area contributed by atoms with Crippen molar-refractivity contribution in [2.75, 3.05) is 11.4 Å². The molecule has 0 radical (unpaired) electrons. The standard InChI is InChI=1S/C22H26N4O/c1-15-7-6-14-25(20-9-5-4-8-18(15)20)22(27)11-10-19-16(2)24-21-12-13-23-26(21)17(19)3/h4-5,8-9,12-13,15H,6-7,10-11,14H2,1-3H3. The van der Waals surface area contributed by atoms with Gasteiger partial charge < -0.3 is 4.90 Å². The first-order valence-electron chi connectivity index (χ1n) is 9.75.